The fraction of sp³-hybridized carbons (Fsp3) is 0.621. The highest BCUT2D eigenvalue weighted by Crippen LogP contribution is 2.71. The highest BCUT2D eigenvalue weighted by atomic mass is 19.1. The Hall–Kier alpha value is -2.06. The summed E-state index contributed by atoms with van der Waals surface area (Å²) in [4.78, 5) is 6.48. The third kappa shape index (κ3) is 2.67. The number of aliphatic hydroxyl groups excluding tert-OH is 2. The van der Waals surface area contributed by atoms with Gasteiger partial charge in [0.1, 0.15) is 17.2 Å². The Balaban J connectivity index is 1.30. The molecular formula is C29H35FN2O4. The average molecular weight is 495 g/mol. The van der Waals surface area contributed by atoms with Gasteiger partial charge >= 0.3 is 0 Å². The van der Waals surface area contributed by atoms with E-state index in [0.29, 0.717) is 43.6 Å². The number of aliphatic hydroxyl groups is 2. The molecule has 2 saturated carbocycles. The lowest BCUT2D eigenvalue weighted by atomic mass is 9.53. The van der Waals surface area contributed by atoms with Gasteiger partial charge in [-0.15, -0.1) is 0 Å². The van der Waals surface area contributed by atoms with Crippen molar-refractivity contribution in [3.8, 4) is 0 Å². The molecule has 1 aromatic carbocycles. The van der Waals surface area contributed by atoms with Crippen LogP contribution < -0.4 is 0 Å². The Morgan fingerprint density at radius 1 is 1.14 bits per heavy atom. The van der Waals surface area contributed by atoms with Gasteiger partial charge in [-0.1, -0.05) is 19.1 Å². The molecule has 5 aliphatic rings. The highest BCUT2D eigenvalue weighted by Gasteiger charge is 2.74. The predicted molar refractivity (Wildman–Crippen MR) is 134 cm³/mol. The molecule has 192 valence electrons. The van der Waals surface area contributed by atoms with Gasteiger partial charge in [0.25, 0.3) is 0 Å². The molecule has 6 nitrogen and oxygen atoms in total. The van der Waals surface area contributed by atoms with E-state index in [0.717, 1.165) is 23.1 Å². The van der Waals surface area contributed by atoms with E-state index < -0.39 is 29.1 Å². The maximum atomic E-state index is 17.1. The summed E-state index contributed by atoms with van der Waals surface area (Å²) in [5.41, 5.74) is 1.00. The summed E-state index contributed by atoms with van der Waals surface area (Å²) in [6, 6.07) is 5.92. The van der Waals surface area contributed by atoms with Gasteiger partial charge in [-0.05, 0) is 93.0 Å². The molecule has 2 spiro atoms. The van der Waals surface area contributed by atoms with Crippen LogP contribution in [0.5, 0.6) is 0 Å². The zero-order valence-corrected chi connectivity index (χ0v) is 21.4. The summed E-state index contributed by atoms with van der Waals surface area (Å²) >= 11 is 0. The van der Waals surface area contributed by atoms with Crippen LogP contribution in [0.1, 0.15) is 56.9 Å². The number of allylic oxidation sites excluding steroid dienone is 2. The normalized spacial score (nSPS) is 45.3. The zero-order valence-electron chi connectivity index (χ0n) is 21.4. The maximum absolute atomic E-state index is 17.1. The van der Waals surface area contributed by atoms with Gasteiger partial charge in [-0.25, -0.2) is 9.37 Å². The second kappa shape index (κ2) is 7.07. The molecule has 8 atom stereocenters. The molecule has 3 fully saturated rings. The molecule has 7 heteroatoms. The van der Waals surface area contributed by atoms with Crippen molar-refractivity contribution < 1.29 is 23.8 Å². The number of hydrogen-bond donors (Lipinski definition) is 2. The minimum Gasteiger partial charge on any atom is -0.441 e. The molecule has 2 aliphatic heterocycles. The fourth-order valence-corrected chi connectivity index (χ4v) is 8.64. The SMILES string of the molecule is Cc1nc2cc(C3=CCC4[C@@]56CC[C@]7(C[C@H](N(C)C)[C@@H](O)[C@H](O)C7=CC5(F)CC[C@]34C)O6)ccc2o1. The molecule has 0 amide bonds. The van der Waals surface area contributed by atoms with E-state index in [1.54, 1.807) is 6.08 Å². The minimum atomic E-state index is -1.66. The number of benzene rings is 1. The molecule has 1 saturated heterocycles. The number of halogens is 1. The highest BCUT2D eigenvalue weighted by molar-refractivity contribution is 5.82. The lowest BCUT2D eigenvalue weighted by molar-refractivity contribution is -0.239. The molecule has 3 aliphatic carbocycles. The summed E-state index contributed by atoms with van der Waals surface area (Å²) in [5, 5.41) is 22.0. The molecule has 3 heterocycles. The van der Waals surface area contributed by atoms with E-state index in [2.05, 4.69) is 30.1 Å². The van der Waals surface area contributed by atoms with E-state index >= 15 is 4.39 Å². The van der Waals surface area contributed by atoms with Gasteiger partial charge < -0.3 is 24.3 Å². The second-order valence-corrected chi connectivity index (χ2v) is 12.4. The Kier molecular flexibility index (Phi) is 4.53. The van der Waals surface area contributed by atoms with Gasteiger partial charge in [0.15, 0.2) is 17.1 Å². The topological polar surface area (TPSA) is 79.0 Å². The first kappa shape index (κ1) is 23.1. The van der Waals surface area contributed by atoms with Crippen LogP contribution in [-0.4, -0.2) is 69.3 Å². The van der Waals surface area contributed by atoms with E-state index in [9.17, 15) is 10.2 Å². The average Bonchev–Trinajstić information content (AvgIpc) is 3.49. The van der Waals surface area contributed by atoms with Crippen molar-refractivity contribution in [3.05, 3.63) is 47.4 Å². The standard InChI is InChI=1S/C29H35FN2O4/c1-16-31-20-13-17(5-7-22(20)35-16)18-6-8-23-26(18,2)9-11-28(30)14-19-24(33)25(34)21(32(3)4)15-27(19)10-12-29(23,28)36-27/h5-7,13-14,21,23-25,33-34H,8-12,15H2,1-4H3/t21-,23?,24+,25+,26+,27+,28?,29-/m0/s1. The Morgan fingerprint density at radius 3 is 2.72 bits per heavy atom. The van der Waals surface area contributed by atoms with Crippen LogP contribution in [0.15, 0.2) is 40.3 Å². The summed E-state index contributed by atoms with van der Waals surface area (Å²) < 4.78 is 29.8. The van der Waals surface area contributed by atoms with E-state index in [1.165, 1.54) is 5.57 Å². The second-order valence-electron chi connectivity index (χ2n) is 12.4. The molecule has 0 radical (unpaired) electrons. The summed E-state index contributed by atoms with van der Waals surface area (Å²) in [6.45, 7) is 4.13. The Morgan fingerprint density at radius 2 is 1.94 bits per heavy atom. The van der Waals surface area contributed by atoms with Gasteiger partial charge in [0.2, 0.25) is 0 Å². The number of hydrogen-bond acceptors (Lipinski definition) is 6. The number of likely N-dealkylation sites (N-methyl/N-ethyl adjacent to an activating group) is 1. The molecule has 2 N–H and O–H groups in total. The van der Waals surface area contributed by atoms with Gasteiger partial charge in [0.05, 0.1) is 11.7 Å². The number of aromatic nitrogens is 1. The van der Waals surface area contributed by atoms with Crippen molar-refractivity contribution in [2.45, 2.75) is 87.5 Å². The number of rotatable bonds is 2. The first-order valence-corrected chi connectivity index (χ1v) is 13.3. The molecule has 2 unspecified atom stereocenters. The van der Waals surface area contributed by atoms with Crippen LogP contribution in [0, 0.1) is 18.3 Å². The number of aryl methyl sites for hydroxylation is 1. The number of alkyl halides is 1. The molecule has 36 heavy (non-hydrogen) atoms. The molecular weight excluding hydrogens is 459 g/mol. The number of oxazole rings is 1. The van der Waals surface area contributed by atoms with Crippen molar-refractivity contribution >= 4 is 16.7 Å². The third-order valence-corrected chi connectivity index (χ3v) is 10.4. The number of nitrogens with zero attached hydrogens (tertiary/aromatic N) is 2. The first-order valence-electron chi connectivity index (χ1n) is 13.3. The van der Waals surface area contributed by atoms with Gasteiger partial charge in [-0.3, -0.25) is 0 Å². The van der Waals surface area contributed by atoms with E-state index in [-0.39, 0.29) is 17.4 Å². The molecule has 7 rings (SSSR count). The maximum Gasteiger partial charge on any atom is 0.192 e. The van der Waals surface area contributed by atoms with Crippen LogP contribution in [0.4, 0.5) is 4.39 Å². The van der Waals surface area contributed by atoms with Crippen LogP contribution >= 0.6 is 0 Å². The molecule has 2 bridgehead atoms. The van der Waals surface area contributed by atoms with E-state index in [4.69, 9.17) is 9.15 Å². The molecule has 1 aromatic heterocycles. The monoisotopic (exact) mass is 494 g/mol. The lowest BCUT2D eigenvalue weighted by Gasteiger charge is -2.60. The van der Waals surface area contributed by atoms with Crippen molar-refractivity contribution in [3.63, 3.8) is 0 Å². The summed E-state index contributed by atoms with van der Waals surface area (Å²) in [5.74, 6) is 0.642. The van der Waals surface area contributed by atoms with Crippen LogP contribution in [0.2, 0.25) is 0 Å². The fourth-order valence-electron chi connectivity index (χ4n) is 8.64. The van der Waals surface area contributed by atoms with Gasteiger partial charge in [-0.2, -0.15) is 0 Å². The predicted octanol–water partition coefficient (Wildman–Crippen LogP) is 4.33. The third-order valence-electron chi connectivity index (χ3n) is 10.4. The minimum absolute atomic E-state index is 0.00698. The van der Waals surface area contributed by atoms with Crippen LogP contribution in [0.25, 0.3) is 16.7 Å². The lowest BCUT2D eigenvalue weighted by Crippen LogP contribution is -2.68. The number of fused-ring (bicyclic) bond motifs is 2. The van der Waals surface area contributed by atoms with Crippen molar-refractivity contribution in [2.24, 2.45) is 11.3 Å². The van der Waals surface area contributed by atoms with Crippen molar-refractivity contribution in [1.29, 1.82) is 0 Å². The summed E-state index contributed by atoms with van der Waals surface area (Å²) in [7, 11) is 3.83. The quantitative estimate of drug-likeness (QED) is 0.605. The zero-order chi connectivity index (χ0) is 25.3. The Bertz CT molecular complexity index is 1330. The van der Waals surface area contributed by atoms with E-state index in [1.807, 2.05) is 32.0 Å². The number of ether oxygens (including phenoxy) is 1. The largest absolute Gasteiger partial charge is 0.441 e. The van der Waals surface area contributed by atoms with Crippen LogP contribution in [0.3, 0.4) is 0 Å². The Labute approximate surface area is 210 Å². The molecule has 2 aromatic rings. The smallest absolute Gasteiger partial charge is 0.192 e. The van der Waals surface area contributed by atoms with Crippen molar-refractivity contribution in [2.75, 3.05) is 14.1 Å². The van der Waals surface area contributed by atoms with Crippen molar-refractivity contribution in [1.82, 2.24) is 9.88 Å². The van der Waals surface area contributed by atoms with Gasteiger partial charge in [0, 0.05) is 18.9 Å². The first-order chi connectivity index (χ1) is 17.0. The van der Waals surface area contributed by atoms with Crippen LogP contribution in [-0.2, 0) is 4.74 Å². The summed E-state index contributed by atoms with van der Waals surface area (Å²) in [6.07, 6.45) is 5.54.